The highest BCUT2D eigenvalue weighted by Gasteiger charge is 2.31. The molecule has 1 nitrogen and oxygen atoms in total. The van der Waals surface area contributed by atoms with Crippen LogP contribution in [0.1, 0.15) is 11.1 Å². The molecule has 26 heavy (non-hydrogen) atoms. The summed E-state index contributed by atoms with van der Waals surface area (Å²) in [6.07, 6.45) is -4.40. The van der Waals surface area contributed by atoms with Crippen LogP contribution in [0.5, 0.6) is 0 Å². The van der Waals surface area contributed by atoms with Crippen LogP contribution >= 0.6 is 31.9 Å². The van der Waals surface area contributed by atoms with Gasteiger partial charge >= 0.3 is 6.18 Å². The van der Waals surface area contributed by atoms with E-state index in [-0.39, 0.29) is 0 Å². The van der Waals surface area contributed by atoms with Crippen molar-refractivity contribution in [1.82, 2.24) is 0 Å². The fourth-order valence-electron chi connectivity index (χ4n) is 2.68. The van der Waals surface area contributed by atoms with Crippen molar-refractivity contribution in [2.75, 3.05) is 4.90 Å². The minimum atomic E-state index is -4.40. The molecule has 6 heteroatoms. The predicted octanol–water partition coefficient (Wildman–Crippen LogP) is 8.01. The lowest BCUT2D eigenvalue weighted by Gasteiger charge is -2.26. The Morgan fingerprint density at radius 2 is 1.15 bits per heavy atom. The third-order valence-electron chi connectivity index (χ3n) is 3.82. The SMILES string of the molecule is Cc1cc(N(c2ccc(Br)cc2)c2ccc(Br)cc2)cc(C(F)(F)F)c1. The standard InChI is InChI=1S/C20H14Br2F3N/c1-13-10-14(20(23,24)25)12-19(11-13)26(17-6-2-15(21)3-7-17)18-8-4-16(22)5-9-18/h2-12H,1H3. The molecule has 3 aromatic carbocycles. The highest BCUT2D eigenvalue weighted by atomic mass is 79.9. The topological polar surface area (TPSA) is 3.24 Å². The summed E-state index contributed by atoms with van der Waals surface area (Å²) in [4.78, 5) is 1.81. The number of aryl methyl sites for hydroxylation is 1. The Bertz CT molecular complexity index is 858. The zero-order valence-corrected chi connectivity index (χ0v) is 16.9. The number of rotatable bonds is 3. The first-order chi connectivity index (χ1) is 12.2. The van der Waals surface area contributed by atoms with Crippen molar-refractivity contribution in [3.05, 3.63) is 86.8 Å². The first-order valence-corrected chi connectivity index (χ1v) is 9.33. The highest BCUT2D eigenvalue weighted by Crippen LogP contribution is 2.39. The minimum absolute atomic E-state index is 0.460. The number of hydrogen-bond donors (Lipinski definition) is 0. The van der Waals surface area contributed by atoms with E-state index >= 15 is 0 Å². The first-order valence-electron chi connectivity index (χ1n) is 7.74. The van der Waals surface area contributed by atoms with Crippen molar-refractivity contribution in [3.63, 3.8) is 0 Å². The van der Waals surface area contributed by atoms with Gasteiger partial charge in [-0.2, -0.15) is 13.2 Å². The van der Waals surface area contributed by atoms with Crippen LogP contribution in [0, 0.1) is 6.92 Å². The Labute approximate surface area is 166 Å². The van der Waals surface area contributed by atoms with Crippen molar-refractivity contribution in [1.29, 1.82) is 0 Å². The number of alkyl halides is 3. The third-order valence-corrected chi connectivity index (χ3v) is 4.87. The average Bonchev–Trinajstić information content (AvgIpc) is 2.57. The molecular weight excluding hydrogens is 471 g/mol. The summed E-state index contributed by atoms with van der Waals surface area (Å²) >= 11 is 6.78. The lowest BCUT2D eigenvalue weighted by molar-refractivity contribution is -0.137. The number of anilines is 3. The van der Waals surface area contributed by atoms with E-state index in [1.165, 1.54) is 6.07 Å². The largest absolute Gasteiger partial charge is 0.416 e. The molecule has 0 atom stereocenters. The predicted molar refractivity (Wildman–Crippen MR) is 106 cm³/mol. The molecule has 0 amide bonds. The third kappa shape index (κ3) is 4.30. The molecule has 0 N–H and O–H groups in total. The Morgan fingerprint density at radius 3 is 1.58 bits per heavy atom. The second kappa shape index (κ2) is 7.45. The van der Waals surface area contributed by atoms with Crippen LogP contribution < -0.4 is 4.90 Å². The molecule has 0 radical (unpaired) electrons. The second-order valence-corrected chi connectivity index (χ2v) is 7.67. The summed E-state index contributed by atoms with van der Waals surface area (Å²) in [5.74, 6) is 0. The second-order valence-electron chi connectivity index (χ2n) is 5.84. The van der Waals surface area contributed by atoms with E-state index in [1.54, 1.807) is 17.9 Å². The molecule has 0 aliphatic rings. The van der Waals surface area contributed by atoms with Gasteiger partial charge in [-0.3, -0.25) is 0 Å². The van der Waals surface area contributed by atoms with Crippen LogP contribution in [0.4, 0.5) is 30.2 Å². The molecule has 0 aromatic heterocycles. The van der Waals surface area contributed by atoms with Gasteiger partial charge in [0.25, 0.3) is 0 Å². The van der Waals surface area contributed by atoms with Gasteiger partial charge in [0.1, 0.15) is 0 Å². The van der Waals surface area contributed by atoms with Gasteiger partial charge in [-0.1, -0.05) is 31.9 Å². The molecule has 0 aliphatic carbocycles. The van der Waals surface area contributed by atoms with Gasteiger partial charge in [0, 0.05) is 26.0 Å². The Morgan fingerprint density at radius 1 is 0.692 bits per heavy atom. The Hall–Kier alpha value is -1.79. The van der Waals surface area contributed by atoms with Crippen molar-refractivity contribution in [2.24, 2.45) is 0 Å². The maximum atomic E-state index is 13.3. The molecule has 0 heterocycles. The molecule has 3 aromatic rings. The zero-order valence-electron chi connectivity index (χ0n) is 13.7. The molecule has 3 rings (SSSR count). The van der Waals surface area contributed by atoms with Crippen molar-refractivity contribution < 1.29 is 13.2 Å². The number of halogens is 5. The summed E-state index contributed by atoms with van der Waals surface area (Å²) in [6.45, 7) is 1.67. The van der Waals surface area contributed by atoms with Crippen LogP contribution in [-0.4, -0.2) is 0 Å². The number of benzene rings is 3. The van der Waals surface area contributed by atoms with Gasteiger partial charge in [0.15, 0.2) is 0 Å². The fourth-order valence-corrected chi connectivity index (χ4v) is 3.21. The average molecular weight is 485 g/mol. The number of nitrogens with zero attached hydrogens (tertiary/aromatic N) is 1. The summed E-state index contributed by atoms with van der Waals surface area (Å²) in [6, 6.07) is 19.0. The van der Waals surface area contributed by atoms with Crippen LogP contribution in [0.25, 0.3) is 0 Å². The molecular formula is C20H14Br2F3N. The van der Waals surface area contributed by atoms with E-state index in [2.05, 4.69) is 31.9 Å². The maximum Gasteiger partial charge on any atom is 0.416 e. The number of hydrogen-bond acceptors (Lipinski definition) is 1. The van der Waals surface area contributed by atoms with Crippen LogP contribution in [0.2, 0.25) is 0 Å². The Kier molecular flexibility index (Phi) is 5.44. The van der Waals surface area contributed by atoms with Gasteiger partial charge < -0.3 is 4.90 Å². The van der Waals surface area contributed by atoms with E-state index in [9.17, 15) is 13.2 Å². The normalized spacial score (nSPS) is 11.5. The van der Waals surface area contributed by atoms with Gasteiger partial charge in [0.2, 0.25) is 0 Å². The summed E-state index contributed by atoms with van der Waals surface area (Å²) < 4.78 is 41.7. The molecule has 0 aliphatic heterocycles. The van der Waals surface area contributed by atoms with Crippen molar-refractivity contribution in [3.8, 4) is 0 Å². The summed E-state index contributed by atoms with van der Waals surface area (Å²) in [5, 5.41) is 0. The van der Waals surface area contributed by atoms with Crippen LogP contribution in [-0.2, 0) is 6.18 Å². The van der Waals surface area contributed by atoms with E-state index in [4.69, 9.17) is 0 Å². The molecule has 0 saturated carbocycles. The summed E-state index contributed by atoms with van der Waals surface area (Å²) in [5.41, 5.74) is 1.89. The quantitative estimate of drug-likeness (QED) is 0.364. The molecule has 0 bridgehead atoms. The van der Waals surface area contributed by atoms with E-state index in [1.807, 2.05) is 48.5 Å². The smallest absolute Gasteiger partial charge is 0.310 e. The minimum Gasteiger partial charge on any atom is -0.310 e. The van der Waals surface area contributed by atoms with Crippen LogP contribution in [0.15, 0.2) is 75.7 Å². The zero-order chi connectivity index (χ0) is 18.9. The Balaban J connectivity index is 2.19. The molecule has 134 valence electrons. The van der Waals surface area contributed by atoms with Crippen LogP contribution in [0.3, 0.4) is 0 Å². The molecule has 0 fully saturated rings. The van der Waals surface area contributed by atoms with Gasteiger partial charge in [0.05, 0.1) is 5.56 Å². The lowest BCUT2D eigenvalue weighted by Crippen LogP contribution is -2.12. The lowest BCUT2D eigenvalue weighted by atomic mass is 10.1. The van der Waals surface area contributed by atoms with E-state index in [0.29, 0.717) is 11.3 Å². The molecule has 0 spiro atoms. The fraction of sp³-hybridized carbons (Fsp3) is 0.100. The molecule has 0 unspecified atom stereocenters. The monoisotopic (exact) mass is 483 g/mol. The first kappa shape index (κ1) is 19.0. The van der Waals surface area contributed by atoms with Crippen molar-refractivity contribution >= 4 is 48.9 Å². The van der Waals surface area contributed by atoms with E-state index in [0.717, 1.165) is 26.4 Å². The van der Waals surface area contributed by atoms with Gasteiger partial charge in [-0.05, 0) is 79.2 Å². The van der Waals surface area contributed by atoms with E-state index < -0.39 is 11.7 Å². The maximum absolute atomic E-state index is 13.3. The van der Waals surface area contributed by atoms with Gasteiger partial charge in [-0.15, -0.1) is 0 Å². The van der Waals surface area contributed by atoms with Crippen molar-refractivity contribution in [2.45, 2.75) is 13.1 Å². The molecule has 0 saturated heterocycles. The highest BCUT2D eigenvalue weighted by molar-refractivity contribution is 9.10. The van der Waals surface area contributed by atoms with Gasteiger partial charge in [-0.25, -0.2) is 0 Å². The summed E-state index contributed by atoms with van der Waals surface area (Å²) in [7, 11) is 0.